The van der Waals surface area contributed by atoms with Crippen LogP contribution in [0.2, 0.25) is 0 Å². The molecule has 0 saturated heterocycles. The van der Waals surface area contributed by atoms with Gasteiger partial charge in [0.15, 0.2) is 0 Å². The first-order chi connectivity index (χ1) is 8.65. The summed E-state index contributed by atoms with van der Waals surface area (Å²) in [7, 11) is 0. The Labute approximate surface area is 108 Å². The highest BCUT2D eigenvalue weighted by molar-refractivity contribution is 5.73. The highest BCUT2D eigenvalue weighted by Crippen LogP contribution is 2.05. The van der Waals surface area contributed by atoms with Crippen LogP contribution in [0.15, 0.2) is 36.4 Å². The molecule has 0 heterocycles. The quantitative estimate of drug-likeness (QED) is 0.641. The van der Waals surface area contributed by atoms with E-state index >= 15 is 0 Å². The normalized spacial score (nSPS) is 9.94. The maximum Gasteiger partial charge on any atom is 0.306 e. The fourth-order valence-electron chi connectivity index (χ4n) is 1.35. The van der Waals surface area contributed by atoms with Crippen molar-refractivity contribution in [2.24, 2.45) is 5.92 Å². The maximum atomic E-state index is 10.2. The van der Waals surface area contributed by atoms with Crippen molar-refractivity contribution in [1.82, 2.24) is 0 Å². The number of allylic oxidation sites excluding steroid dienone is 1. The zero-order chi connectivity index (χ0) is 13.8. The average Bonchev–Trinajstić information content (AvgIpc) is 2.39. The number of hydrogen-bond donors (Lipinski definition) is 1. The number of hydrogen-bond acceptors (Lipinski definition) is 2. The smallest absolute Gasteiger partial charge is 0.306 e. The van der Waals surface area contributed by atoms with Crippen molar-refractivity contribution in [3.8, 4) is 0 Å². The molecule has 0 aliphatic rings. The van der Waals surface area contributed by atoms with Crippen LogP contribution in [0.5, 0.6) is 0 Å². The van der Waals surface area contributed by atoms with E-state index in [1.165, 1.54) is 6.08 Å². The van der Waals surface area contributed by atoms with E-state index in [1.54, 1.807) is 6.08 Å². The minimum absolute atomic E-state index is 0.130. The third-order valence-electron chi connectivity index (χ3n) is 2.50. The Kier molecular flexibility index (Phi) is 9.18. The predicted molar refractivity (Wildman–Crippen MR) is 73.2 cm³/mol. The molecule has 0 aliphatic heterocycles. The Bertz CT molecular complexity index is 365. The summed E-state index contributed by atoms with van der Waals surface area (Å²) in [6, 6.07) is 9.70. The van der Waals surface area contributed by atoms with Gasteiger partial charge in [0.2, 0.25) is 0 Å². The van der Waals surface area contributed by atoms with Gasteiger partial charge < -0.3 is 5.11 Å². The second kappa shape index (κ2) is 10.3. The molecule has 0 aliphatic carbocycles. The number of benzene rings is 1. The lowest BCUT2D eigenvalue weighted by molar-refractivity contribution is -0.141. The van der Waals surface area contributed by atoms with Crippen LogP contribution in [0.3, 0.4) is 0 Å². The van der Waals surface area contributed by atoms with Gasteiger partial charge >= 0.3 is 5.97 Å². The fraction of sp³-hybridized carbons (Fsp3) is 0.333. The van der Waals surface area contributed by atoms with Crippen LogP contribution < -0.4 is 0 Å². The third kappa shape index (κ3) is 7.39. The molecule has 0 bridgehead atoms. The molecule has 18 heavy (non-hydrogen) atoms. The lowest BCUT2D eigenvalue weighted by atomic mass is 10.1. The summed E-state index contributed by atoms with van der Waals surface area (Å²) in [5.41, 5.74) is 1.05. The van der Waals surface area contributed by atoms with Gasteiger partial charge in [0.05, 0.1) is 5.92 Å². The highest BCUT2D eigenvalue weighted by Gasteiger charge is 2.10. The Balaban J connectivity index is 0.000000331. The molecule has 3 nitrogen and oxygen atoms in total. The molecule has 0 aromatic heterocycles. The summed E-state index contributed by atoms with van der Waals surface area (Å²) in [4.78, 5) is 20.1. The first-order valence-corrected chi connectivity index (χ1v) is 6.05. The summed E-state index contributed by atoms with van der Waals surface area (Å²) in [5.74, 6) is -0.801. The van der Waals surface area contributed by atoms with Crippen LogP contribution >= 0.6 is 0 Å². The van der Waals surface area contributed by atoms with E-state index in [9.17, 15) is 9.59 Å². The van der Waals surface area contributed by atoms with Gasteiger partial charge in [-0.1, -0.05) is 50.3 Å². The first kappa shape index (κ1) is 16.1. The Hall–Kier alpha value is -1.90. The summed E-state index contributed by atoms with van der Waals surface area (Å²) in [6.45, 7) is 3.78. The van der Waals surface area contributed by atoms with Crippen molar-refractivity contribution < 1.29 is 14.7 Å². The monoisotopic (exact) mass is 248 g/mol. The van der Waals surface area contributed by atoms with Gasteiger partial charge in [0, 0.05) is 0 Å². The van der Waals surface area contributed by atoms with Crippen molar-refractivity contribution in [2.45, 2.75) is 26.7 Å². The van der Waals surface area contributed by atoms with Crippen LogP contribution in [0, 0.1) is 5.92 Å². The van der Waals surface area contributed by atoms with Gasteiger partial charge in [-0.25, -0.2) is 0 Å². The molecule has 0 radical (unpaired) electrons. The van der Waals surface area contributed by atoms with Crippen molar-refractivity contribution in [3.05, 3.63) is 42.0 Å². The predicted octanol–water partition coefficient (Wildman–Crippen LogP) is 3.41. The molecule has 0 atom stereocenters. The van der Waals surface area contributed by atoms with Gasteiger partial charge in [-0.3, -0.25) is 9.59 Å². The zero-order valence-corrected chi connectivity index (χ0v) is 10.9. The van der Waals surface area contributed by atoms with E-state index in [1.807, 2.05) is 44.2 Å². The van der Waals surface area contributed by atoms with Crippen molar-refractivity contribution >= 4 is 18.3 Å². The molecule has 0 unspecified atom stereocenters. The molecular weight excluding hydrogens is 228 g/mol. The maximum absolute atomic E-state index is 10.2. The number of aliphatic carboxylic acids is 1. The molecule has 1 aromatic rings. The Morgan fingerprint density at radius 1 is 1.22 bits per heavy atom. The van der Waals surface area contributed by atoms with Crippen LogP contribution in [0.1, 0.15) is 32.3 Å². The molecule has 1 rings (SSSR count). The molecule has 1 aromatic carbocycles. The number of carboxylic acids is 1. The number of carbonyl (C=O) groups excluding carboxylic acids is 1. The minimum Gasteiger partial charge on any atom is -0.481 e. The highest BCUT2D eigenvalue weighted by atomic mass is 16.4. The van der Waals surface area contributed by atoms with E-state index in [4.69, 9.17) is 5.11 Å². The van der Waals surface area contributed by atoms with E-state index < -0.39 is 5.97 Å². The summed E-state index contributed by atoms with van der Waals surface area (Å²) < 4.78 is 0. The average molecular weight is 248 g/mol. The molecule has 0 amide bonds. The standard InChI is InChI=1S/C9H8O.C6H12O2/c10-8-4-7-9-5-2-1-3-6-9;1-3-5(4-2)6(7)8/h1-8H;5H,3-4H2,1-2H3,(H,7,8). The second-order valence-electron chi connectivity index (χ2n) is 3.76. The van der Waals surface area contributed by atoms with E-state index in [2.05, 4.69) is 0 Å². The second-order valence-corrected chi connectivity index (χ2v) is 3.76. The number of rotatable bonds is 5. The van der Waals surface area contributed by atoms with Crippen molar-refractivity contribution in [3.63, 3.8) is 0 Å². The molecule has 1 N–H and O–H groups in total. The number of carbonyl (C=O) groups is 2. The molecular formula is C15H20O3. The lowest BCUT2D eigenvalue weighted by Crippen LogP contribution is -2.10. The lowest BCUT2D eigenvalue weighted by Gasteiger charge is -2.02. The third-order valence-corrected chi connectivity index (χ3v) is 2.50. The van der Waals surface area contributed by atoms with Gasteiger partial charge in [0.1, 0.15) is 6.29 Å². The van der Waals surface area contributed by atoms with Crippen molar-refractivity contribution in [2.75, 3.05) is 0 Å². The molecule has 0 spiro atoms. The molecule has 0 fully saturated rings. The molecule has 98 valence electrons. The summed E-state index contributed by atoms with van der Waals surface area (Å²) in [5, 5.41) is 8.37. The van der Waals surface area contributed by atoms with E-state index in [0.717, 1.165) is 24.7 Å². The molecule has 3 heteroatoms. The van der Waals surface area contributed by atoms with Crippen LogP contribution in [-0.2, 0) is 9.59 Å². The Morgan fingerprint density at radius 2 is 1.78 bits per heavy atom. The molecule has 0 saturated carbocycles. The van der Waals surface area contributed by atoms with Gasteiger partial charge in [0.25, 0.3) is 0 Å². The van der Waals surface area contributed by atoms with Crippen LogP contribution in [-0.4, -0.2) is 17.4 Å². The summed E-state index contributed by atoms with van der Waals surface area (Å²) in [6.07, 6.45) is 5.51. The SMILES string of the molecule is CCC(CC)C(=O)O.O=CC=Cc1ccccc1. The van der Waals surface area contributed by atoms with Crippen molar-refractivity contribution in [1.29, 1.82) is 0 Å². The van der Waals surface area contributed by atoms with Crippen LogP contribution in [0.25, 0.3) is 6.08 Å². The minimum atomic E-state index is -0.671. The zero-order valence-electron chi connectivity index (χ0n) is 10.9. The van der Waals surface area contributed by atoms with E-state index in [-0.39, 0.29) is 5.92 Å². The first-order valence-electron chi connectivity index (χ1n) is 6.05. The van der Waals surface area contributed by atoms with Gasteiger partial charge in [-0.05, 0) is 24.5 Å². The van der Waals surface area contributed by atoms with Gasteiger partial charge in [-0.15, -0.1) is 0 Å². The van der Waals surface area contributed by atoms with Crippen LogP contribution in [0.4, 0.5) is 0 Å². The Morgan fingerprint density at radius 3 is 2.11 bits per heavy atom. The summed E-state index contributed by atoms with van der Waals surface area (Å²) >= 11 is 0. The number of aldehydes is 1. The largest absolute Gasteiger partial charge is 0.481 e. The van der Waals surface area contributed by atoms with Gasteiger partial charge in [-0.2, -0.15) is 0 Å². The number of carboxylic acid groups (broad SMARTS) is 1. The fourth-order valence-corrected chi connectivity index (χ4v) is 1.35. The van der Waals surface area contributed by atoms with E-state index in [0.29, 0.717) is 0 Å². The topological polar surface area (TPSA) is 54.4 Å².